The molecule has 2 aromatic rings. The predicted molar refractivity (Wildman–Crippen MR) is 85.7 cm³/mol. The lowest BCUT2D eigenvalue weighted by molar-refractivity contribution is 0.623. The molecule has 21 heavy (non-hydrogen) atoms. The number of aromatic nitrogens is 2. The maximum atomic E-state index is 13.5. The summed E-state index contributed by atoms with van der Waals surface area (Å²) in [5.41, 5.74) is 5.14. The van der Waals surface area contributed by atoms with E-state index in [1.807, 2.05) is 31.3 Å². The van der Waals surface area contributed by atoms with Crippen LogP contribution in [0.4, 0.5) is 4.39 Å². The average Bonchev–Trinajstić information content (AvgIpc) is 2.92. The van der Waals surface area contributed by atoms with Gasteiger partial charge in [0.25, 0.3) is 0 Å². The van der Waals surface area contributed by atoms with Crippen molar-refractivity contribution in [1.82, 2.24) is 10.2 Å². The lowest BCUT2D eigenvalue weighted by Crippen LogP contribution is -1.97. The molecule has 0 aliphatic heterocycles. The molecule has 1 heterocycles. The first-order chi connectivity index (χ1) is 10.1. The molecule has 1 aromatic heterocycles. The molecule has 0 bridgehead atoms. The maximum Gasteiger partial charge on any atom is 0.123 e. The zero-order chi connectivity index (χ0) is 15.4. The number of benzene rings is 1. The highest BCUT2D eigenvalue weighted by Crippen LogP contribution is 2.32. The van der Waals surface area contributed by atoms with Crippen LogP contribution in [-0.2, 0) is 6.42 Å². The van der Waals surface area contributed by atoms with E-state index in [1.165, 1.54) is 6.07 Å². The molecule has 1 N–H and O–H groups in total. The molecular weight excluding hydrogens is 263 g/mol. The molecule has 0 fully saturated rings. The molecule has 0 radical (unpaired) electrons. The van der Waals surface area contributed by atoms with E-state index in [-0.39, 0.29) is 11.7 Å². The molecule has 0 saturated heterocycles. The number of nitrogens with zero attached hydrogens (tertiary/aromatic N) is 1. The fraction of sp³-hybridized carbons (Fsp3) is 0.278. The molecule has 0 atom stereocenters. The number of H-pyrrole nitrogens is 1. The van der Waals surface area contributed by atoms with Crippen molar-refractivity contribution >= 4 is 0 Å². The molecule has 110 valence electrons. The first-order valence-corrected chi connectivity index (χ1v) is 7.17. The fourth-order valence-corrected chi connectivity index (χ4v) is 2.43. The van der Waals surface area contributed by atoms with E-state index in [2.05, 4.69) is 30.6 Å². The smallest absolute Gasteiger partial charge is 0.123 e. The largest absolute Gasteiger partial charge is 0.285 e. The second kappa shape index (κ2) is 6.53. The van der Waals surface area contributed by atoms with Gasteiger partial charge in [0.1, 0.15) is 5.82 Å². The van der Waals surface area contributed by atoms with Gasteiger partial charge in [0.15, 0.2) is 0 Å². The quantitative estimate of drug-likeness (QED) is 0.768. The molecule has 2 rings (SSSR count). The summed E-state index contributed by atoms with van der Waals surface area (Å²) in [5, 5.41) is 7.27. The molecule has 3 heteroatoms. The molecule has 1 aromatic carbocycles. The predicted octanol–water partition coefficient (Wildman–Crippen LogP) is 5.01. The van der Waals surface area contributed by atoms with E-state index in [0.717, 1.165) is 28.0 Å². The summed E-state index contributed by atoms with van der Waals surface area (Å²) in [6.07, 6.45) is 6.46. The Balaban J connectivity index is 2.49. The van der Waals surface area contributed by atoms with Crippen LogP contribution >= 0.6 is 0 Å². The molecule has 0 saturated carbocycles. The number of nitrogens with one attached hydrogen (secondary N) is 1. The van der Waals surface area contributed by atoms with Gasteiger partial charge in [-0.1, -0.05) is 38.6 Å². The average molecular weight is 284 g/mol. The number of hydrogen-bond donors (Lipinski definition) is 1. The van der Waals surface area contributed by atoms with Gasteiger partial charge in [-0.05, 0) is 41.7 Å². The SMILES string of the molecule is C=C/C(=C\C)Cc1n[nH]cc1-c1ccc(F)cc1C(C)C. The van der Waals surface area contributed by atoms with Crippen LogP contribution in [0.1, 0.15) is 37.9 Å². The van der Waals surface area contributed by atoms with Crippen molar-refractivity contribution in [3.63, 3.8) is 0 Å². The summed E-state index contributed by atoms with van der Waals surface area (Å²) < 4.78 is 13.5. The van der Waals surface area contributed by atoms with Crippen LogP contribution in [0.3, 0.4) is 0 Å². The maximum absolute atomic E-state index is 13.5. The Morgan fingerprint density at radius 2 is 2.14 bits per heavy atom. The van der Waals surface area contributed by atoms with Gasteiger partial charge in [0.05, 0.1) is 5.69 Å². The van der Waals surface area contributed by atoms with Crippen LogP contribution in [0.15, 0.2) is 48.7 Å². The Morgan fingerprint density at radius 3 is 2.76 bits per heavy atom. The summed E-state index contributed by atoms with van der Waals surface area (Å²) in [6.45, 7) is 9.94. The van der Waals surface area contributed by atoms with E-state index in [0.29, 0.717) is 6.42 Å². The van der Waals surface area contributed by atoms with Gasteiger partial charge in [0.2, 0.25) is 0 Å². The zero-order valence-electron chi connectivity index (χ0n) is 12.8. The summed E-state index contributed by atoms with van der Waals surface area (Å²) in [6, 6.07) is 4.95. The number of allylic oxidation sites excluding steroid dienone is 3. The van der Waals surface area contributed by atoms with Crippen LogP contribution < -0.4 is 0 Å². The standard InChI is InChI=1S/C18H21FN2/c1-5-13(6-2)9-18-17(11-20-21-18)15-8-7-14(19)10-16(15)12(3)4/h5-8,10-12H,1,9H2,2-4H3,(H,20,21)/b13-6+. The molecule has 0 spiro atoms. The van der Waals surface area contributed by atoms with Crippen LogP contribution in [0.2, 0.25) is 0 Å². The van der Waals surface area contributed by atoms with Crippen molar-refractivity contribution < 1.29 is 4.39 Å². The highest BCUT2D eigenvalue weighted by atomic mass is 19.1. The van der Waals surface area contributed by atoms with E-state index < -0.39 is 0 Å². The van der Waals surface area contributed by atoms with Crippen molar-refractivity contribution in [3.8, 4) is 11.1 Å². The highest BCUT2D eigenvalue weighted by molar-refractivity contribution is 5.70. The zero-order valence-corrected chi connectivity index (χ0v) is 12.8. The van der Waals surface area contributed by atoms with Crippen LogP contribution in [0.25, 0.3) is 11.1 Å². The number of rotatable bonds is 5. The van der Waals surface area contributed by atoms with Crippen LogP contribution in [0.5, 0.6) is 0 Å². The summed E-state index contributed by atoms with van der Waals surface area (Å²) in [7, 11) is 0. The monoisotopic (exact) mass is 284 g/mol. The second-order valence-electron chi connectivity index (χ2n) is 5.38. The topological polar surface area (TPSA) is 28.7 Å². The molecular formula is C18H21FN2. The first kappa shape index (κ1) is 15.2. The van der Waals surface area contributed by atoms with Crippen molar-refractivity contribution in [3.05, 3.63) is 65.8 Å². The second-order valence-corrected chi connectivity index (χ2v) is 5.38. The molecule has 2 nitrogen and oxygen atoms in total. The minimum Gasteiger partial charge on any atom is -0.285 e. The Morgan fingerprint density at radius 1 is 1.38 bits per heavy atom. The normalized spacial score (nSPS) is 12.0. The van der Waals surface area contributed by atoms with Gasteiger partial charge in [-0.15, -0.1) is 0 Å². The van der Waals surface area contributed by atoms with E-state index >= 15 is 0 Å². The first-order valence-electron chi connectivity index (χ1n) is 7.17. The number of aromatic amines is 1. The summed E-state index contributed by atoms with van der Waals surface area (Å²) in [5.74, 6) is 0.0479. The Kier molecular flexibility index (Phi) is 4.73. The molecule has 0 amide bonds. The molecule has 0 aliphatic carbocycles. The Bertz CT molecular complexity index is 666. The Hall–Kier alpha value is -2.16. The van der Waals surface area contributed by atoms with Gasteiger partial charge >= 0.3 is 0 Å². The Labute approximate surface area is 125 Å². The van der Waals surface area contributed by atoms with Gasteiger partial charge < -0.3 is 0 Å². The molecule has 0 unspecified atom stereocenters. The van der Waals surface area contributed by atoms with E-state index in [1.54, 1.807) is 6.07 Å². The van der Waals surface area contributed by atoms with Crippen LogP contribution in [-0.4, -0.2) is 10.2 Å². The number of halogens is 1. The molecule has 0 aliphatic rings. The highest BCUT2D eigenvalue weighted by Gasteiger charge is 2.15. The third-order valence-electron chi connectivity index (χ3n) is 3.65. The van der Waals surface area contributed by atoms with Crippen molar-refractivity contribution in [2.24, 2.45) is 0 Å². The van der Waals surface area contributed by atoms with Crippen molar-refractivity contribution in [1.29, 1.82) is 0 Å². The van der Waals surface area contributed by atoms with Gasteiger partial charge in [-0.3, -0.25) is 5.10 Å². The van der Waals surface area contributed by atoms with Crippen LogP contribution in [0, 0.1) is 5.82 Å². The van der Waals surface area contributed by atoms with Gasteiger partial charge in [0, 0.05) is 18.2 Å². The number of hydrogen-bond acceptors (Lipinski definition) is 1. The lowest BCUT2D eigenvalue weighted by Gasteiger charge is -2.13. The summed E-state index contributed by atoms with van der Waals surface area (Å²) in [4.78, 5) is 0. The fourth-order valence-electron chi connectivity index (χ4n) is 2.43. The third-order valence-corrected chi connectivity index (χ3v) is 3.65. The van der Waals surface area contributed by atoms with Crippen molar-refractivity contribution in [2.45, 2.75) is 33.1 Å². The van der Waals surface area contributed by atoms with Gasteiger partial charge in [-0.2, -0.15) is 5.10 Å². The summed E-state index contributed by atoms with van der Waals surface area (Å²) >= 11 is 0. The lowest BCUT2D eigenvalue weighted by atomic mass is 9.91. The minimum atomic E-state index is -0.201. The van der Waals surface area contributed by atoms with E-state index in [4.69, 9.17) is 0 Å². The van der Waals surface area contributed by atoms with E-state index in [9.17, 15) is 4.39 Å². The minimum absolute atomic E-state index is 0.201. The van der Waals surface area contributed by atoms with Crippen molar-refractivity contribution in [2.75, 3.05) is 0 Å². The third kappa shape index (κ3) is 3.30. The van der Waals surface area contributed by atoms with Gasteiger partial charge in [-0.25, -0.2) is 4.39 Å².